The second-order valence-electron chi connectivity index (χ2n) is 2.85. The summed E-state index contributed by atoms with van der Waals surface area (Å²) in [7, 11) is -3.63. The molecule has 0 aromatic carbocycles. The fourth-order valence-corrected chi connectivity index (χ4v) is 1.71. The Hall–Kier alpha value is -0.880. The molecule has 1 aromatic heterocycles. The molecular formula is C6H11N3O2S. The molecule has 0 atom stereocenters. The van der Waals surface area contributed by atoms with Crippen molar-refractivity contribution < 1.29 is 8.42 Å². The van der Waals surface area contributed by atoms with Gasteiger partial charge in [0.15, 0.2) is 0 Å². The normalized spacial score (nSPS) is 12.3. The molecule has 0 aliphatic heterocycles. The first-order valence-corrected chi connectivity index (χ1v) is 5.03. The van der Waals surface area contributed by atoms with Crippen molar-refractivity contribution in [1.82, 2.24) is 10.2 Å². The summed E-state index contributed by atoms with van der Waals surface area (Å²) in [5.74, 6) is 0.0702. The van der Waals surface area contributed by atoms with Crippen LogP contribution in [0.4, 0.5) is 0 Å². The van der Waals surface area contributed by atoms with E-state index < -0.39 is 10.0 Å². The van der Waals surface area contributed by atoms with Gasteiger partial charge in [0.1, 0.15) is 4.90 Å². The van der Waals surface area contributed by atoms with Crippen LogP contribution in [0.2, 0.25) is 0 Å². The number of hydrogen-bond acceptors (Lipinski definition) is 3. The number of rotatable bonds is 2. The van der Waals surface area contributed by atoms with E-state index in [4.69, 9.17) is 5.14 Å². The first-order chi connectivity index (χ1) is 5.43. The highest BCUT2D eigenvalue weighted by molar-refractivity contribution is 7.89. The Morgan fingerprint density at radius 2 is 2.17 bits per heavy atom. The molecule has 0 aliphatic carbocycles. The zero-order chi connectivity index (χ0) is 9.35. The summed E-state index contributed by atoms with van der Waals surface area (Å²) in [5.41, 5.74) is 0.553. The van der Waals surface area contributed by atoms with E-state index in [-0.39, 0.29) is 10.8 Å². The molecule has 0 bridgehead atoms. The lowest BCUT2D eigenvalue weighted by atomic mass is 10.1. The monoisotopic (exact) mass is 189 g/mol. The molecule has 6 heteroatoms. The van der Waals surface area contributed by atoms with Crippen molar-refractivity contribution in [2.24, 2.45) is 5.14 Å². The Morgan fingerprint density at radius 1 is 1.58 bits per heavy atom. The van der Waals surface area contributed by atoms with Crippen LogP contribution in [0.5, 0.6) is 0 Å². The van der Waals surface area contributed by atoms with E-state index in [2.05, 4.69) is 10.2 Å². The Kier molecular flexibility index (Phi) is 2.20. The van der Waals surface area contributed by atoms with Crippen molar-refractivity contribution in [1.29, 1.82) is 0 Å². The molecule has 0 unspecified atom stereocenters. The van der Waals surface area contributed by atoms with Crippen LogP contribution in [0.15, 0.2) is 11.1 Å². The van der Waals surface area contributed by atoms with Crippen LogP contribution in [0.25, 0.3) is 0 Å². The molecule has 0 saturated carbocycles. The summed E-state index contributed by atoms with van der Waals surface area (Å²) in [4.78, 5) is 0.0810. The van der Waals surface area contributed by atoms with E-state index in [1.165, 1.54) is 6.20 Å². The minimum absolute atomic E-state index is 0.0702. The number of nitrogens with one attached hydrogen (secondary N) is 1. The number of H-pyrrole nitrogens is 1. The van der Waals surface area contributed by atoms with Gasteiger partial charge in [0, 0.05) is 0 Å². The van der Waals surface area contributed by atoms with Crippen LogP contribution < -0.4 is 5.14 Å². The van der Waals surface area contributed by atoms with E-state index in [9.17, 15) is 8.42 Å². The predicted octanol–water partition coefficient (Wildman–Crippen LogP) is 0.181. The number of primary sulfonamides is 1. The molecule has 68 valence electrons. The van der Waals surface area contributed by atoms with Crippen molar-refractivity contribution in [3.05, 3.63) is 11.9 Å². The molecule has 0 radical (unpaired) electrons. The Labute approximate surface area is 71.0 Å². The van der Waals surface area contributed by atoms with E-state index >= 15 is 0 Å². The highest BCUT2D eigenvalue weighted by atomic mass is 32.2. The Morgan fingerprint density at radius 3 is 2.50 bits per heavy atom. The van der Waals surface area contributed by atoms with Crippen molar-refractivity contribution >= 4 is 10.0 Å². The molecule has 1 heterocycles. The van der Waals surface area contributed by atoms with Crippen LogP contribution in [0.1, 0.15) is 25.5 Å². The smallest absolute Gasteiger partial charge is 0.241 e. The maximum absolute atomic E-state index is 10.9. The summed E-state index contributed by atoms with van der Waals surface area (Å²) in [6.45, 7) is 3.73. The van der Waals surface area contributed by atoms with E-state index in [1.807, 2.05) is 13.8 Å². The molecule has 0 aliphatic rings. The lowest BCUT2D eigenvalue weighted by Gasteiger charge is -2.02. The second-order valence-corrected chi connectivity index (χ2v) is 4.38. The average molecular weight is 189 g/mol. The van der Waals surface area contributed by atoms with Crippen LogP contribution >= 0.6 is 0 Å². The summed E-state index contributed by atoms with van der Waals surface area (Å²) >= 11 is 0. The van der Waals surface area contributed by atoms with Gasteiger partial charge < -0.3 is 0 Å². The molecule has 0 amide bonds. The summed E-state index contributed by atoms with van der Waals surface area (Å²) < 4.78 is 21.9. The molecule has 1 aromatic rings. The molecule has 12 heavy (non-hydrogen) atoms. The maximum Gasteiger partial charge on any atom is 0.241 e. The third-order valence-corrected chi connectivity index (χ3v) is 2.45. The minimum atomic E-state index is -3.63. The van der Waals surface area contributed by atoms with Crippen LogP contribution in [0, 0.1) is 0 Å². The van der Waals surface area contributed by atoms with Crippen molar-refractivity contribution in [3.8, 4) is 0 Å². The SMILES string of the molecule is CC(C)c1[nH]ncc1S(N)(=O)=O. The predicted molar refractivity (Wildman–Crippen MR) is 44.0 cm³/mol. The topological polar surface area (TPSA) is 88.8 Å². The largest absolute Gasteiger partial charge is 0.281 e. The highest BCUT2D eigenvalue weighted by Crippen LogP contribution is 2.18. The number of nitrogens with two attached hydrogens (primary N) is 1. The zero-order valence-corrected chi connectivity index (χ0v) is 7.72. The van der Waals surface area contributed by atoms with E-state index in [1.54, 1.807) is 0 Å². The fraction of sp³-hybridized carbons (Fsp3) is 0.500. The van der Waals surface area contributed by atoms with Gasteiger partial charge >= 0.3 is 0 Å². The van der Waals surface area contributed by atoms with Crippen molar-refractivity contribution in [2.45, 2.75) is 24.7 Å². The summed E-state index contributed by atoms with van der Waals surface area (Å²) in [6.07, 6.45) is 1.23. The van der Waals surface area contributed by atoms with Crippen molar-refractivity contribution in [2.75, 3.05) is 0 Å². The van der Waals surface area contributed by atoms with E-state index in [0.717, 1.165) is 0 Å². The van der Waals surface area contributed by atoms with Gasteiger partial charge in [-0.25, -0.2) is 13.6 Å². The first-order valence-electron chi connectivity index (χ1n) is 3.49. The minimum Gasteiger partial charge on any atom is -0.281 e. The van der Waals surface area contributed by atoms with Crippen LogP contribution in [-0.2, 0) is 10.0 Å². The van der Waals surface area contributed by atoms with Gasteiger partial charge in [-0.1, -0.05) is 13.8 Å². The lowest BCUT2D eigenvalue weighted by Crippen LogP contribution is -2.13. The number of aromatic nitrogens is 2. The fourth-order valence-electron chi connectivity index (χ4n) is 0.925. The summed E-state index contributed by atoms with van der Waals surface area (Å²) in [5, 5.41) is 11.2. The number of nitrogens with zero attached hydrogens (tertiary/aromatic N) is 1. The highest BCUT2D eigenvalue weighted by Gasteiger charge is 2.17. The molecule has 5 nitrogen and oxygen atoms in total. The molecule has 3 N–H and O–H groups in total. The second kappa shape index (κ2) is 2.87. The quantitative estimate of drug-likeness (QED) is 0.695. The molecule has 0 saturated heterocycles. The van der Waals surface area contributed by atoms with Gasteiger partial charge in [-0.2, -0.15) is 5.10 Å². The third-order valence-electron chi connectivity index (χ3n) is 1.52. The van der Waals surface area contributed by atoms with Crippen molar-refractivity contribution in [3.63, 3.8) is 0 Å². The van der Waals surface area contributed by atoms with E-state index in [0.29, 0.717) is 5.69 Å². The van der Waals surface area contributed by atoms with Gasteiger partial charge in [-0.15, -0.1) is 0 Å². The maximum atomic E-state index is 10.9. The third kappa shape index (κ3) is 1.64. The number of hydrogen-bond donors (Lipinski definition) is 2. The van der Waals surface area contributed by atoms with Gasteiger partial charge in [-0.3, -0.25) is 5.10 Å². The van der Waals surface area contributed by atoms with Gasteiger partial charge in [0.25, 0.3) is 0 Å². The Bertz CT molecular complexity index is 366. The number of aromatic amines is 1. The summed E-state index contributed by atoms with van der Waals surface area (Å²) in [6, 6.07) is 0. The van der Waals surface area contributed by atoms with Gasteiger partial charge in [0.2, 0.25) is 10.0 Å². The van der Waals surface area contributed by atoms with Gasteiger partial charge in [0.05, 0.1) is 11.9 Å². The average Bonchev–Trinajstić information content (AvgIpc) is 2.30. The molecular weight excluding hydrogens is 178 g/mol. The standard InChI is InChI=1S/C6H11N3O2S/c1-4(2)6-5(3-8-9-6)12(7,10)11/h3-4H,1-2H3,(H,8,9)(H2,7,10,11). The van der Waals surface area contributed by atoms with Gasteiger partial charge in [-0.05, 0) is 5.92 Å². The lowest BCUT2D eigenvalue weighted by molar-refractivity contribution is 0.595. The molecule has 1 rings (SSSR count). The number of sulfonamides is 1. The zero-order valence-electron chi connectivity index (χ0n) is 6.90. The van der Waals surface area contributed by atoms with Crippen LogP contribution in [0.3, 0.4) is 0 Å². The molecule has 0 spiro atoms. The first kappa shape index (κ1) is 9.21. The molecule has 0 fully saturated rings. The van der Waals surface area contributed by atoms with Crippen LogP contribution in [-0.4, -0.2) is 18.6 Å². The Balaban J connectivity index is 3.26.